The molecule has 0 aromatic heterocycles. The second-order valence-corrected chi connectivity index (χ2v) is 4.81. The van der Waals surface area contributed by atoms with Crippen LogP contribution in [0.2, 0.25) is 0 Å². The fourth-order valence-electron chi connectivity index (χ4n) is 1.81. The van der Waals surface area contributed by atoms with Crippen LogP contribution in [0.1, 0.15) is 43.9 Å². The van der Waals surface area contributed by atoms with Crippen LogP contribution in [-0.4, -0.2) is 7.11 Å². The van der Waals surface area contributed by atoms with Crippen molar-refractivity contribution >= 4 is 12.4 Å². The van der Waals surface area contributed by atoms with Gasteiger partial charge in [0, 0.05) is 6.04 Å². The quantitative estimate of drug-likeness (QED) is 0.869. The molecule has 0 amide bonds. The van der Waals surface area contributed by atoms with Gasteiger partial charge >= 0.3 is 0 Å². The first-order valence-corrected chi connectivity index (χ1v) is 5.94. The lowest BCUT2D eigenvalue weighted by Gasteiger charge is -2.15. The molecule has 17 heavy (non-hydrogen) atoms. The second-order valence-electron chi connectivity index (χ2n) is 4.81. The van der Waals surface area contributed by atoms with Crippen LogP contribution < -0.4 is 10.5 Å². The molecule has 0 bridgehead atoms. The van der Waals surface area contributed by atoms with E-state index in [0.717, 1.165) is 17.7 Å². The zero-order valence-electron chi connectivity index (χ0n) is 11.2. The van der Waals surface area contributed by atoms with E-state index in [2.05, 4.69) is 32.9 Å². The molecule has 0 saturated heterocycles. The number of aryl methyl sites for hydroxylation is 1. The Kier molecular flexibility index (Phi) is 7.24. The molecule has 0 heterocycles. The Balaban J connectivity index is 0.00000256. The van der Waals surface area contributed by atoms with Crippen molar-refractivity contribution in [2.45, 2.75) is 39.7 Å². The minimum Gasteiger partial charge on any atom is -0.496 e. The van der Waals surface area contributed by atoms with Crippen LogP contribution >= 0.6 is 12.4 Å². The van der Waals surface area contributed by atoms with Crippen molar-refractivity contribution in [3.8, 4) is 5.75 Å². The van der Waals surface area contributed by atoms with E-state index in [1.807, 2.05) is 6.07 Å². The number of benzene rings is 1. The van der Waals surface area contributed by atoms with Crippen LogP contribution in [0.4, 0.5) is 0 Å². The highest BCUT2D eigenvalue weighted by molar-refractivity contribution is 5.85. The van der Waals surface area contributed by atoms with Crippen molar-refractivity contribution in [1.82, 2.24) is 0 Å². The van der Waals surface area contributed by atoms with Gasteiger partial charge in [-0.05, 0) is 42.9 Å². The van der Waals surface area contributed by atoms with Crippen LogP contribution in [0, 0.1) is 12.8 Å². The van der Waals surface area contributed by atoms with Crippen molar-refractivity contribution in [2.75, 3.05) is 7.11 Å². The highest BCUT2D eigenvalue weighted by Gasteiger charge is 2.08. The van der Waals surface area contributed by atoms with Crippen LogP contribution in [0.3, 0.4) is 0 Å². The Morgan fingerprint density at radius 3 is 2.35 bits per heavy atom. The molecule has 0 radical (unpaired) electrons. The molecule has 0 aliphatic carbocycles. The van der Waals surface area contributed by atoms with Crippen molar-refractivity contribution in [1.29, 1.82) is 0 Å². The zero-order valence-corrected chi connectivity index (χ0v) is 12.0. The molecule has 0 aliphatic rings. The standard InChI is InChI=1S/C14H23NO.ClH/c1-10(2)5-7-13(15)12-6-8-14(16-4)11(3)9-12;/h6,8-10,13H,5,7,15H2,1-4H3;1H/t13-;/m0./s1. The molecule has 0 aliphatic heterocycles. The van der Waals surface area contributed by atoms with Crippen molar-refractivity contribution in [2.24, 2.45) is 11.7 Å². The number of nitrogens with two attached hydrogens (primary N) is 1. The number of halogens is 1. The Labute approximate surface area is 111 Å². The van der Waals surface area contributed by atoms with Gasteiger partial charge in [0.1, 0.15) is 5.75 Å². The SMILES string of the molecule is COc1ccc([C@@H](N)CCC(C)C)cc1C.Cl. The lowest BCUT2D eigenvalue weighted by Crippen LogP contribution is -2.11. The first-order valence-electron chi connectivity index (χ1n) is 5.94. The number of ether oxygens (including phenoxy) is 1. The highest BCUT2D eigenvalue weighted by atomic mass is 35.5. The topological polar surface area (TPSA) is 35.2 Å². The maximum absolute atomic E-state index is 6.16. The molecule has 2 N–H and O–H groups in total. The molecule has 1 rings (SSSR count). The first kappa shape index (κ1) is 16.3. The van der Waals surface area contributed by atoms with Gasteiger partial charge in [-0.1, -0.05) is 26.0 Å². The molecule has 0 spiro atoms. The van der Waals surface area contributed by atoms with E-state index in [4.69, 9.17) is 10.5 Å². The van der Waals surface area contributed by atoms with E-state index in [1.165, 1.54) is 12.0 Å². The number of hydrogen-bond acceptors (Lipinski definition) is 2. The van der Waals surface area contributed by atoms with Crippen molar-refractivity contribution in [3.05, 3.63) is 29.3 Å². The van der Waals surface area contributed by atoms with Gasteiger partial charge in [-0.25, -0.2) is 0 Å². The first-order chi connectivity index (χ1) is 7.54. The van der Waals surface area contributed by atoms with E-state index >= 15 is 0 Å². The highest BCUT2D eigenvalue weighted by Crippen LogP contribution is 2.24. The second kappa shape index (κ2) is 7.57. The summed E-state index contributed by atoms with van der Waals surface area (Å²) in [6.07, 6.45) is 2.22. The largest absolute Gasteiger partial charge is 0.496 e. The fourth-order valence-corrected chi connectivity index (χ4v) is 1.81. The molecule has 1 atom stereocenters. The molecular formula is C14H24ClNO. The van der Waals surface area contributed by atoms with Crippen LogP contribution in [0.5, 0.6) is 5.75 Å². The van der Waals surface area contributed by atoms with Gasteiger partial charge in [0.2, 0.25) is 0 Å². The summed E-state index contributed by atoms with van der Waals surface area (Å²) < 4.78 is 5.24. The third-order valence-corrected chi connectivity index (χ3v) is 2.90. The molecule has 1 aromatic carbocycles. The summed E-state index contributed by atoms with van der Waals surface area (Å²) in [6.45, 7) is 6.51. The number of methoxy groups -OCH3 is 1. The molecule has 0 unspecified atom stereocenters. The predicted molar refractivity (Wildman–Crippen MR) is 76.0 cm³/mol. The summed E-state index contributed by atoms with van der Waals surface area (Å²) in [5.41, 5.74) is 8.52. The van der Waals surface area contributed by atoms with Gasteiger partial charge < -0.3 is 10.5 Å². The third kappa shape index (κ3) is 4.97. The molecular weight excluding hydrogens is 234 g/mol. The van der Waals surface area contributed by atoms with Gasteiger partial charge in [0.25, 0.3) is 0 Å². The predicted octanol–water partition coefficient (Wildman–Crippen LogP) is 3.86. The van der Waals surface area contributed by atoms with E-state index < -0.39 is 0 Å². The smallest absolute Gasteiger partial charge is 0.121 e. The molecule has 1 aromatic rings. The molecule has 3 heteroatoms. The average molecular weight is 258 g/mol. The average Bonchev–Trinajstić information content (AvgIpc) is 2.25. The monoisotopic (exact) mass is 257 g/mol. The van der Waals surface area contributed by atoms with Gasteiger partial charge in [-0.2, -0.15) is 0 Å². The Morgan fingerprint density at radius 2 is 1.88 bits per heavy atom. The normalized spacial score (nSPS) is 12.1. The van der Waals surface area contributed by atoms with Crippen LogP contribution in [0.25, 0.3) is 0 Å². The Hall–Kier alpha value is -0.730. The molecule has 98 valence electrons. The third-order valence-electron chi connectivity index (χ3n) is 2.90. The van der Waals surface area contributed by atoms with Crippen LogP contribution in [0.15, 0.2) is 18.2 Å². The lowest BCUT2D eigenvalue weighted by molar-refractivity contribution is 0.411. The fraction of sp³-hybridized carbons (Fsp3) is 0.571. The Morgan fingerprint density at radius 1 is 1.24 bits per heavy atom. The minimum absolute atomic E-state index is 0. The summed E-state index contributed by atoms with van der Waals surface area (Å²) in [5.74, 6) is 1.64. The van der Waals surface area contributed by atoms with E-state index in [-0.39, 0.29) is 18.4 Å². The van der Waals surface area contributed by atoms with Gasteiger partial charge in [-0.15, -0.1) is 12.4 Å². The van der Waals surface area contributed by atoms with Gasteiger partial charge in [0.15, 0.2) is 0 Å². The van der Waals surface area contributed by atoms with Gasteiger partial charge in [0.05, 0.1) is 7.11 Å². The number of rotatable bonds is 5. The summed E-state index contributed by atoms with van der Waals surface area (Å²) in [6, 6.07) is 6.34. The van der Waals surface area contributed by atoms with E-state index in [0.29, 0.717) is 5.92 Å². The van der Waals surface area contributed by atoms with E-state index in [1.54, 1.807) is 7.11 Å². The molecule has 2 nitrogen and oxygen atoms in total. The Bertz CT molecular complexity index is 339. The van der Waals surface area contributed by atoms with Crippen LogP contribution in [-0.2, 0) is 0 Å². The molecule has 0 saturated carbocycles. The maximum atomic E-state index is 6.16. The summed E-state index contributed by atoms with van der Waals surface area (Å²) in [5, 5.41) is 0. The minimum atomic E-state index is 0. The number of hydrogen-bond donors (Lipinski definition) is 1. The lowest BCUT2D eigenvalue weighted by atomic mass is 9.97. The maximum Gasteiger partial charge on any atom is 0.121 e. The van der Waals surface area contributed by atoms with Gasteiger partial charge in [-0.3, -0.25) is 0 Å². The van der Waals surface area contributed by atoms with Crippen molar-refractivity contribution in [3.63, 3.8) is 0 Å². The summed E-state index contributed by atoms with van der Waals surface area (Å²) >= 11 is 0. The summed E-state index contributed by atoms with van der Waals surface area (Å²) in [4.78, 5) is 0. The van der Waals surface area contributed by atoms with E-state index in [9.17, 15) is 0 Å². The summed E-state index contributed by atoms with van der Waals surface area (Å²) in [7, 11) is 1.70. The molecule has 0 fully saturated rings. The zero-order chi connectivity index (χ0) is 12.1. The van der Waals surface area contributed by atoms with Crippen molar-refractivity contribution < 1.29 is 4.74 Å².